The Morgan fingerprint density at radius 2 is 2.00 bits per heavy atom. The fourth-order valence-electron chi connectivity index (χ4n) is 2.04. The molecule has 2 aromatic rings. The Labute approximate surface area is 154 Å². The molecule has 7 heteroatoms. The van der Waals surface area contributed by atoms with Crippen LogP contribution in [0.3, 0.4) is 0 Å². The molecule has 122 valence electrons. The predicted octanol–water partition coefficient (Wildman–Crippen LogP) is 4.11. The monoisotopic (exact) mass is 376 g/mol. The van der Waals surface area contributed by atoms with Crippen LogP contribution in [0.5, 0.6) is 5.75 Å². The third-order valence-electron chi connectivity index (χ3n) is 3.27. The van der Waals surface area contributed by atoms with Gasteiger partial charge in [-0.1, -0.05) is 59.8 Å². The predicted molar refractivity (Wildman–Crippen MR) is 102 cm³/mol. The summed E-state index contributed by atoms with van der Waals surface area (Å²) in [5.41, 5.74) is 1.79. The second-order valence-electron chi connectivity index (χ2n) is 4.96. The van der Waals surface area contributed by atoms with Crippen LogP contribution < -0.4 is 4.74 Å². The van der Waals surface area contributed by atoms with E-state index >= 15 is 0 Å². The van der Waals surface area contributed by atoms with Gasteiger partial charge in [0.1, 0.15) is 12.4 Å². The first-order valence-corrected chi connectivity index (χ1v) is 8.90. The Balaban J connectivity index is 1.72. The van der Waals surface area contributed by atoms with Gasteiger partial charge in [-0.3, -0.25) is 4.79 Å². The van der Waals surface area contributed by atoms with Gasteiger partial charge in [-0.2, -0.15) is 10.1 Å². The van der Waals surface area contributed by atoms with Crippen molar-refractivity contribution in [2.45, 2.75) is 6.61 Å². The highest BCUT2D eigenvalue weighted by molar-refractivity contribution is 8.23. The highest BCUT2D eigenvalue weighted by Crippen LogP contribution is 2.21. The molecule has 4 nitrogen and oxygen atoms in total. The Hall–Kier alpha value is -1.89. The number of ether oxygens (including phenoxy) is 1. The number of nitrogens with zero attached hydrogens (tertiary/aromatic N) is 2. The Kier molecular flexibility index (Phi) is 5.50. The number of rotatable bonds is 5. The van der Waals surface area contributed by atoms with Gasteiger partial charge in [0.15, 0.2) is 4.32 Å². The summed E-state index contributed by atoms with van der Waals surface area (Å²) in [6.45, 7) is 0.416. The second-order valence-corrected chi connectivity index (χ2v) is 7.00. The van der Waals surface area contributed by atoms with E-state index in [1.807, 2.05) is 48.5 Å². The lowest BCUT2D eigenvalue weighted by atomic mass is 10.2. The first kappa shape index (κ1) is 17.0. The Morgan fingerprint density at radius 1 is 1.25 bits per heavy atom. The molecule has 0 radical (unpaired) electrons. The summed E-state index contributed by atoms with van der Waals surface area (Å²) in [7, 11) is 0. The summed E-state index contributed by atoms with van der Waals surface area (Å²) in [6, 6.07) is 15.0. The van der Waals surface area contributed by atoms with Gasteiger partial charge in [0.2, 0.25) is 0 Å². The lowest BCUT2D eigenvalue weighted by Crippen LogP contribution is -2.22. The number of hydrogen-bond donors (Lipinski definition) is 0. The maximum atomic E-state index is 11.7. The van der Waals surface area contributed by atoms with E-state index in [2.05, 4.69) is 5.10 Å². The van der Waals surface area contributed by atoms with Crippen molar-refractivity contribution in [3.63, 3.8) is 0 Å². The largest absolute Gasteiger partial charge is 0.488 e. The number of para-hydroxylation sites is 1. The van der Waals surface area contributed by atoms with Crippen LogP contribution in [0.4, 0.5) is 0 Å². The number of hydrazone groups is 1. The SMILES string of the molecule is O=C1CSC(=S)N1/N=C/c1ccccc1OCc1ccc(Cl)cc1. The van der Waals surface area contributed by atoms with E-state index < -0.39 is 0 Å². The third-order valence-corrected chi connectivity index (χ3v) is 4.86. The second kappa shape index (κ2) is 7.79. The first-order valence-electron chi connectivity index (χ1n) is 7.13. The van der Waals surface area contributed by atoms with Crippen molar-refractivity contribution in [1.29, 1.82) is 0 Å². The van der Waals surface area contributed by atoms with Gasteiger partial charge in [0, 0.05) is 10.6 Å². The molecule has 0 spiro atoms. The highest BCUT2D eigenvalue weighted by Gasteiger charge is 2.26. The number of thioether (sulfide) groups is 1. The first-order chi connectivity index (χ1) is 11.6. The van der Waals surface area contributed by atoms with Crippen LogP contribution in [-0.4, -0.2) is 27.2 Å². The smallest absolute Gasteiger partial charge is 0.259 e. The highest BCUT2D eigenvalue weighted by atomic mass is 35.5. The lowest BCUT2D eigenvalue weighted by molar-refractivity contribution is -0.123. The number of amides is 1. The van der Waals surface area contributed by atoms with Crippen molar-refractivity contribution in [2.75, 3.05) is 5.75 Å². The normalized spacial score (nSPS) is 14.6. The lowest BCUT2D eigenvalue weighted by Gasteiger charge is -2.10. The molecule has 0 unspecified atom stereocenters. The summed E-state index contributed by atoms with van der Waals surface area (Å²) in [5.74, 6) is 0.910. The molecule has 3 rings (SSSR count). The van der Waals surface area contributed by atoms with Crippen LogP contribution in [0, 0.1) is 0 Å². The molecule has 0 bridgehead atoms. The maximum Gasteiger partial charge on any atom is 0.259 e. The van der Waals surface area contributed by atoms with E-state index in [0.717, 1.165) is 11.1 Å². The van der Waals surface area contributed by atoms with E-state index in [4.69, 9.17) is 28.6 Å². The maximum absolute atomic E-state index is 11.7. The van der Waals surface area contributed by atoms with Gasteiger partial charge in [0.25, 0.3) is 5.91 Å². The van der Waals surface area contributed by atoms with Crippen LogP contribution in [0.1, 0.15) is 11.1 Å². The van der Waals surface area contributed by atoms with Crippen LogP contribution in [0.15, 0.2) is 53.6 Å². The summed E-state index contributed by atoms with van der Waals surface area (Å²) in [6.07, 6.45) is 1.59. The molecular formula is C17H13ClN2O2S2. The zero-order chi connectivity index (χ0) is 16.9. The minimum absolute atomic E-state index is 0.110. The van der Waals surface area contributed by atoms with E-state index in [1.165, 1.54) is 16.8 Å². The minimum atomic E-state index is -0.110. The molecule has 1 fully saturated rings. The van der Waals surface area contributed by atoms with Crippen molar-refractivity contribution in [2.24, 2.45) is 5.10 Å². The van der Waals surface area contributed by atoms with Crippen molar-refractivity contribution in [1.82, 2.24) is 5.01 Å². The molecule has 0 saturated carbocycles. The number of thiocarbonyl (C=S) groups is 1. The quantitative estimate of drug-likeness (QED) is 0.581. The fraction of sp³-hybridized carbons (Fsp3) is 0.118. The van der Waals surface area contributed by atoms with Crippen molar-refractivity contribution in [3.05, 3.63) is 64.7 Å². The summed E-state index contributed by atoms with van der Waals surface area (Å²) in [5, 5.41) is 6.12. The summed E-state index contributed by atoms with van der Waals surface area (Å²) in [4.78, 5) is 11.7. The molecule has 0 aliphatic carbocycles. The molecule has 1 saturated heterocycles. The third kappa shape index (κ3) is 4.14. The van der Waals surface area contributed by atoms with E-state index in [1.54, 1.807) is 6.21 Å². The topological polar surface area (TPSA) is 41.9 Å². The number of halogens is 1. The zero-order valence-electron chi connectivity index (χ0n) is 12.5. The summed E-state index contributed by atoms with van der Waals surface area (Å²) >= 11 is 12.3. The molecule has 0 N–H and O–H groups in total. The van der Waals surface area contributed by atoms with Crippen molar-refractivity contribution in [3.8, 4) is 5.75 Å². The number of carbonyl (C=O) groups is 1. The molecule has 24 heavy (non-hydrogen) atoms. The molecule has 0 atom stereocenters. The zero-order valence-corrected chi connectivity index (χ0v) is 14.9. The fourth-order valence-corrected chi connectivity index (χ4v) is 3.13. The average molecular weight is 377 g/mol. The van der Waals surface area contributed by atoms with Crippen LogP contribution >= 0.6 is 35.6 Å². The van der Waals surface area contributed by atoms with E-state index in [9.17, 15) is 4.79 Å². The molecule has 1 aliphatic heterocycles. The standard InChI is InChI=1S/C17H13ClN2O2S2/c18-14-7-5-12(6-8-14)10-22-15-4-2-1-3-13(15)9-19-20-16(21)11-24-17(20)23/h1-9H,10-11H2/b19-9+. The Morgan fingerprint density at radius 3 is 2.71 bits per heavy atom. The van der Waals surface area contributed by atoms with Gasteiger partial charge in [-0.25, -0.2) is 0 Å². The molecule has 1 amide bonds. The number of benzene rings is 2. The van der Waals surface area contributed by atoms with Gasteiger partial charge < -0.3 is 4.74 Å². The van der Waals surface area contributed by atoms with E-state index in [0.29, 0.717) is 27.5 Å². The number of hydrogen-bond acceptors (Lipinski definition) is 5. The molecule has 1 aliphatic rings. The summed E-state index contributed by atoms with van der Waals surface area (Å²) < 4.78 is 6.32. The van der Waals surface area contributed by atoms with Gasteiger partial charge in [-0.05, 0) is 29.8 Å². The minimum Gasteiger partial charge on any atom is -0.488 e. The van der Waals surface area contributed by atoms with Crippen LogP contribution in [0.2, 0.25) is 5.02 Å². The van der Waals surface area contributed by atoms with Crippen LogP contribution in [-0.2, 0) is 11.4 Å². The van der Waals surface area contributed by atoms with Crippen molar-refractivity contribution >= 4 is 52.0 Å². The van der Waals surface area contributed by atoms with Crippen molar-refractivity contribution < 1.29 is 9.53 Å². The molecular weight excluding hydrogens is 364 g/mol. The van der Waals surface area contributed by atoms with Gasteiger partial charge in [0.05, 0.1) is 12.0 Å². The number of carbonyl (C=O) groups excluding carboxylic acids is 1. The van der Waals surface area contributed by atoms with Gasteiger partial charge >= 0.3 is 0 Å². The van der Waals surface area contributed by atoms with Gasteiger partial charge in [-0.15, -0.1) is 0 Å². The molecule has 0 aromatic heterocycles. The average Bonchev–Trinajstić information content (AvgIpc) is 2.91. The van der Waals surface area contributed by atoms with E-state index in [-0.39, 0.29) is 5.91 Å². The Bertz CT molecular complexity index is 777. The molecule has 1 heterocycles. The molecule has 2 aromatic carbocycles. The van der Waals surface area contributed by atoms with Crippen LogP contribution in [0.25, 0.3) is 0 Å².